The number of nitrogens with one attached hydrogen (secondary N) is 3. The predicted octanol–water partition coefficient (Wildman–Crippen LogP) is 3.98. The van der Waals surface area contributed by atoms with E-state index in [4.69, 9.17) is 24.2 Å². The zero-order valence-electron chi connectivity index (χ0n) is 32.9. The van der Waals surface area contributed by atoms with E-state index in [1.54, 1.807) is 19.3 Å². The lowest BCUT2D eigenvalue weighted by Gasteiger charge is -2.38. The number of benzene rings is 1. The number of methoxy groups -OCH3 is 1. The van der Waals surface area contributed by atoms with E-state index in [1.165, 1.54) is 4.90 Å². The van der Waals surface area contributed by atoms with Crippen LogP contribution in [0, 0.1) is 23.7 Å². The van der Waals surface area contributed by atoms with Crippen molar-refractivity contribution in [3.05, 3.63) is 36.0 Å². The summed E-state index contributed by atoms with van der Waals surface area (Å²) in [5.74, 6) is 3.94. The van der Waals surface area contributed by atoms with Gasteiger partial charge in [0, 0.05) is 12.5 Å². The number of ether oxygens (including phenoxy) is 3. The van der Waals surface area contributed by atoms with E-state index < -0.39 is 68.7 Å². The first-order valence-corrected chi connectivity index (χ1v) is 22.4. The summed E-state index contributed by atoms with van der Waals surface area (Å²) in [5, 5.41) is 5.01. The molecule has 7 unspecified atom stereocenters. The Balaban J connectivity index is 1.15. The summed E-state index contributed by atoms with van der Waals surface area (Å²) < 4.78 is 46.2. The second-order valence-electron chi connectivity index (χ2n) is 16.5. The maximum atomic E-state index is 14.7. The van der Waals surface area contributed by atoms with Crippen molar-refractivity contribution in [1.82, 2.24) is 30.2 Å². The molecule has 4 heterocycles. The number of carbonyl (C=O) groups is 4. The fourth-order valence-electron chi connectivity index (χ4n) is 8.93. The van der Waals surface area contributed by atoms with E-state index in [0.29, 0.717) is 66.9 Å². The zero-order valence-corrected chi connectivity index (χ0v) is 33.7. The van der Waals surface area contributed by atoms with Crippen LogP contribution in [0.5, 0.6) is 11.6 Å². The van der Waals surface area contributed by atoms with Crippen LogP contribution in [0.1, 0.15) is 102 Å². The molecule has 1 saturated heterocycles. The molecule has 15 nitrogen and oxygen atoms in total. The third kappa shape index (κ3) is 8.46. The number of allylic oxidation sites excluding steroid dienone is 1. The van der Waals surface area contributed by atoms with Crippen LogP contribution in [0.25, 0.3) is 11.0 Å². The Kier molecular flexibility index (Phi) is 11.5. The van der Waals surface area contributed by atoms with Gasteiger partial charge in [-0.15, -0.1) is 0 Å². The topological polar surface area (TPSA) is 195 Å². The molecule has 58 heavy (non-hydrogen) atoms. The number of hydrogen-bond acceptors (Lipinski definition) is 11. The van der Waals surface area contributed by atoms with Gasteiger partial charge in [-0.25, -0.2) is 27.9 Å². The molecule has 0 spiro atoms. The maximum Gasteiger partial charge on any atom is 0.408 e. The highest BCUT2D eigenvalue weighted by molar-refractivity contribution is 7.91. The Morgan fingerprint density at radius 3 is 2.57 bits per heavy atom. The van der Waals surface area contributed by atoms with Gasteiger partial charge in [0.25, 0.3) is 5.91 Å². The molecular weight excluding hydrogens is 765 g/mol. The summed E-state index contributed by atoms with van der Waals surface area (Å²) in [5.41, 5.74) is 0.0260. The van der Waals surface area contributed by atoms with Crippen LogP contribution in [-0.2, 0) is 35.6 Å². The van der Waals surface area contributed by atoms with E-state index in [2.05, 4.69) is 27.2 Å². The highest BCUT2D eigenvalue weighted by atomic mass is 32.2. The van der Waals surface area contributed by atoms with Gasteiger partial charge in [-0.05, 0) is 88.7 Å². The molecule has 0 radical (unpaired) electrons. The Hall–Kier alpha value is -4.91. The molecule has 1 aromatic carbocycles. The minimum atomic E-state index is -3.97. The lowest BCUT2D eigenvalue weighted by Crippen LogP contribution is -2.67. The van der Waals surface area contributed by atoms with Crippen molar-refractivity contribution in [3.63, 3.8) is 0 Å². The minimum Gasteiger partial charge on any atom is -0.497 e. The van der Waals surface area contributed by atoms with E-state index in [9.17, 15) is 27.6 Å². The molecule has 2 aromatic rings. The molecule has 6 aliphatic rings. The molecule has 16 heteroatoms. The van der Waals surface area contributed by atoms with Crippen LogP contribution in [-0.4, -0.2) is 95.8 Å². The average Bonchev–Trinajstić information content (AvgIpc) is 3.85. The lowest BCUT2D eigenvalue weighted by molar-refractivity contribution is -0.141. The molecule has 3 aliphatic heterocycles. The molecule has 3 fully saturated rings. The highest BCUT2D eigenvalue weighted by Gasteiger charge is 2.54. The summed E-state index contributed by atoms with van der Waals surface area (Å²) in [6, 6.07) is 3.29. The van der Waals surface area contributed by atoms with Gasteiger partial charge in [0.2, 0.25) is 27.7 Å². The second-order valence-corrected chi connectivity index (χ2v) is 18.5. The van der Waals surface area contributed by atoms with Crippen LogP contribution in [0.4, 0.5) is 4.79 Å². The van der Waals surface area contributed by atoms with Crippen molar-refractivity contribution >= 4 is 44.9 Å². The smallest absolute Gasteiger partial charge is 0.408 e. The van der Waals surface area contributed by atoms with Crippen molar-refractivity contribution in [2.45, 2.75) is 138 Å². The van der Waals surface area contributed by atoms with E-state index in [1.807, 2.05) is 18.2 Å². The molecule has 310 valence electrons. The van der Waals surface area contributed by atoms with Crippen LogP contribution >= 0.6 is 0 Å². The SMILES string of the molecule is COc1ccc2nc3c(nc2c1)OC1CC2C(=O)NC4(C(=O)NS(=O)(=O)C5CC5)C#CC4C=CCCCCCC(NC(=O)OC4CCCC4CCCCC3)C(=O)N2C1. The van der Waals surface area contributed by atoms with E-state index in [-0.39, 0.29) is 25.0 Å². The number of rotatable bonds is 4. The molecular formula is C42H52N6O9S. The number of aryl methyl sites for hydroxylation is 1. The Morgan fingerprint density at radius 2 is 1.78 bits per heavy atom. The Morgan fingerprint density at radius 1 is 0.966 bits per heavy atom. The van der Waals surface area contributed by atoms with Gasteiger partial charge in [0.05, 0.1) is 35.9 Å². The Bertz CT molecular complexity index is 2150. The molecule has 4 amide bonds. The van der Waals surface area contributed by atoms with Crippen LogP contribution in [0.2, 0.25) is 0 Å². The summed E-state index contributed by atoms with van der Waals surface area (Å²) in [7, 11) is -2.40. The Labute approximate surface area is 338 Å². The van der Waals surface area contributed by atoms with Gasteiger partial charge in [-0.2, -0.15) is 0 Å². The predicted molar refractivity (Wildman–Crippen MR) is 212 cm³/mol. The lowest BCUT2D eigenvalue weighted by atomic mass is 9.75. The van der Waals surface area contributed by atoms with Crippen LogP contribution in [0.15, 0.2) is 30.4 Å². The molecule has 7 atom stereocenters. The van der Waals surface area contributed by atoms with Gasteiger partial charge in [-0.3, -0.25) is 14.4 Å². The van der Waals surface area contributed by atoms with Crippen molar-refractivity contribution in [2.75, 3.05) is 13.7 Å². The molecule has 1 aromatic heterocycles. The summed E-state index contributed by atoms with van der Waals surface area (Å²) in [6.07, 6.45) is 12.9. The van der Waals surface area contributed by atoms with Gasteiger partial charge in [-0.1, -0.05) is 49.7 Å². The number of aromatic nitrogens is 2. The van der Waals surface area contributed by atoms with Crippen molar-refractivity contribution in [2.24, 2.45) is 11.8 Å². The third-order valence-corrected chi connectivity index (χ3v) is 14.2. The molecule has 2 saturated carbocycles. The number of sulfonamides is 1. The summed E-state index contributed by atoms with van der Waals surface area (Å²) in [6.45, 7) is -0.0314. The number of amides is 4. The van der Waals surface area contributed by atoms with Crippen molar-refractivity contribution in [3.8, 4) is 23.5 Å². The quantitative estimate of drug-likeness (QED) is 0.299. The molecule has 3 aliphatic carbocycles. The van der Waals surface area contributed by atoms with Gasteiger partial charge in [0.15, 0.2) is 5.54 Å². The first-order valence-electron chi connectivity index (χ1n) is 20.9. The van der Waals surface area contributed by atoms with E-state index in [0.717, 1.165) is 57.8 Å². The third-order valence-electron chi connectivity index (χ3n) is 12.4. The number of hydrogen-bond donors (Lipinski definition) is 3. The second kappa shape index (κ2) is 16.8. The van der Waals surface area contributed by atoms with Crippen molar-refractivity contribution < 1.29 is 41.8 Å². The standard InChI is InChI=1S/C42H52N6O9S/c1-55-28-17-20-31-34(23-28)44-38-32(43-31)14-9-5-6-11-26-12-10-16-36(26)57-41(52)45-33-15-8-4-2-3-7-13-27-21-22-42(27,40(51)47-58(53,54)30-18-19-30)46-37(49)35-24-29(56-38)25-48(35)39(33)50/h7,13,17,20,23,26-27,29-30,33,35-36H,2-6,8-12,14-16,18-19,24-25H2,1H3,(H,45,52)(H,46,49)(H,47,51). The molecule has 3 N–H and O–H groups in total. The highest BCUT2D eigenvalue weighted by Crippen LogP contribution is 2.35. The monoisotopic (exact) mass is 816 g/mol. The van der Waals surface area contributed by atoms with Gasteiger partial charge >= 0.3 is 6.09 Å². The zero-order chi connectivity index (χ0) is 40.4. The van der Waals surface area contributed by atoms with Crippen LogP contribution in [0.3, 0.4) is 0 Å². The molecule has 8 rings (SSSR count). The number of carbonyl (C=O) groups excluding carboxylic acids is 4. The number of fused-ring (bicyclic) bond motifs is 6. The first-order chi connectivity index (χ1) is 28.0. The maximum absolute atomic E-state index is 14.7. The van der Waals surface area contributed by atoms with Gasteiger partial charge < -0.3 is 29.7 Å². The largest absolute Gasteiger partial charge is 0.497 e. The summed E-state index contributed by atoms with van der Waals surface area (Å²) in [4.78, 5) is 68.1. The fraction of sp³-hybridized carbons (Fsp3) is 0.619. The summed E-state index contributed by atoms with van der Waals surface area (Å²) >= 11 is 0. The van der Waals surface area contributed by atoms with Crippen molar-refractivity contribution in [1.29, 1.82) is 0 Å². The normalized spacial score (nSPS) is 30.8. The van der Waals surface area contributed by atoms with Crippen LogP contribution < -0.4 is 24.8 Å². The fourth-order valence-corrected chi connectivity index (χ4v) is 10.3. The molecule has 3 bridgehead atoms. The average molecular weight is 817 g/mol. The van der Waals surface area contributed by atoms with Gasteiger partial charge in [0.1, 0.15) is 35.7 Å². The number of alkyl carbamates (subject to hydrolysis) is 1. The number of nitrogens with zero attached hydrogens (tertiary/aromatic N) is 3. The first kappa shape index (κ1) is 39.9. The van der Waals surface area contributed by atoms with E-state index >= 15 is 0 Å². The minimum absolute atomic E-state index is 0.0156.